The number of nitrogens with zero attached hydrogens (tertiary/aromatic N) is 1. The van der Waals surface area contributed by atoms with Crippen molar-refractivity contribution in [2.75, 3.05) is 13.1 Å². The standard InChI is InChI=1S/C12H13F3N2O.ClH/c13-12(14,15)9-2-1-3-10(17-9)18-11-7-4-8(11)6-16-5-7;/h1-3,7-8,11,16H,4-6H2;1H/t7-,8+,11?;. The average Bonchev–Trinajstić information content (AvgIpc) is 2.36. The third-order valence-corrected chi connectivity index (χ3v) is 3.62. The first-order chi connectivity index (χ1) is 8.54. The summed E-state index contributed by atoms with van der Waals surface area (Å²) in [5.74, 6) is 0.881. The van der Waals surface area contributed by atoms with E-state index in [-0.39, 0.29) is 24.4 Å². The number of piperidine rings is 2. The molecule has 1 aromatic heterocycles. The van der Waals surface area contributed by atoms with E-state index in [1.54, 1.807) is 0 Å². The lowest BCUT2D eigenvalue weighted by molar-refractivity contribution is -0.141. The molecular formula is C12H14ClF3N2O. The largest absolute Gasteiger partial charge is 0.474 e. The Balaban J connectivity index is 0.00000133. The normalized spacial score (nSPS) is 29.1. The zero-order valence-electron chi connectivity index (χ0n) is 9.98. The van der Waals surface area contributed by atoms with Crippen molar-refractivity contribution in [3.05, 3.63) is 23.9 Å². The van der Waals surface area contributed by atoms with Gasteiger partial charge in [-0.3, -0.25) is 0 Å². The molecule has 0 radical (unpaired) electrons. The molecule has 0 aromatic carbocycles. The third kappa shape index (κ3) is 2.79. The lowest BCUT2D eigenvalue weighted by atomic mass is 9.69. The van der Waals surface area contributed by atoms with Crippen LogP contribution in [-0.4, -0.2) is 24.2 Å². The van der Waals surface area contributed by atoms with Crippen LogP contribution in [0.3, 0.4) is 0 Å². The van der Waals surface area contributed by atoms with Crippen LogP contribution in [0.4, 0.5) is 13.2 Å². The number of rotatable bonds is 2. The summed E-state index contributed by atoms with van der Waals surface area (Å²) in [6, 6.07) is 3.77. The Bertz CT molecular complexity index is 441. The zero-order chi connectivity index (χ0) is 12.8. The Morgan fingerprint density at radius 1 is 1.21 bits per heavy atom. The maximum Gasteiger partial charge on any atom is 0.433 e. The monoisotopic (exact) mass is 294 g/mol. The van der Waals surface area contributed by atoms with Gasteiger partial charge in [0.2, 0.25) is 5.88 Å². The Labute approximate surface area is 115 Å². The maximum atomic E-state index is 12.5. The number of alkyl halides is 3. The highest BCUT2D eigenvalue weighted by atomic mass is 35.5. The van der Waals surface area contributed by atoms with Crippen LogP contribution in [0.1, 0.15) is 12.1 Å². The highest BCUT2D eigenvalue weighted by Gasteiger charge is 2.45. The molecule has 3 rings (SSSR count). The number of ether oxygens (including phenoxy) is 1. The summed E-state index contributed by atoms with van der Waals surface area (Å²) in [5, 5.41) is 3.26. The SMILES string of the molecule is Cl.FC(F)(F)c1cccc(OC2[C@@H]3CNC[C@H]2C3)n1. The van der Waals surface area contributed by atoms with Crippen LogP contribution in [0.25, 0.3) is 0 Å². The number of aromatic nitrogens is 1. The summed E-state index contributed by atoms with van der Waals surface area (Å²) < 4.78 is 43.1. The highest BCUT2D eigenvalue weighted by Crippen LogP contribution is 2.39. The summed E-state index contributed by atoms with van der Waals surface area (Å²) in [7, 11) is 0. The van der Waals surface area contributed by atoms with E-state index >= 15 is 0 Å². The predicted molar refractivity (Wildman–Crippen MR) is 65.4 cm³/mol. The van der Waals surface area contributed by atoms with Gasteiger partial charge in [0.25, 0.3) is 0 Å². The quantitative estimate of drug-likeness (QED) is 0.910. The average molecular weight is 295 g/mol. The highest BCUT2D eigenvalue weighted by molar-refractivity contribution is 5.85. The van der Waals surface area contributed by atoms with E-state index in [1.165, 1.54) is 12.1 Å². The third-order valence-electron chi connectivity index (χ3n) is 3.62. The molecule has 0 spiro atoms. The number of fused-ring (bicyclic) bond motifs is 2. The first kappa shape index (κ1) is 14.4. The summed E-state index contributed by atoms with van der Waals surface area (Å²) in [5.41, 5.74) is -0.900. The van der Waals surface area contributed by atoms with Gasteiger partial charge in [-0.15, -0.1) is 12.4 Å². The predicted octanol–water partition coefficient (Wildman–Crippen LogP) is 2.51. The molecule has 3 atom stereocenters. The molecule has 1 saturated carbocycles. The molecule has 1 aliphatic carbocycles. The Morgan fingerprint density at radius 2 is 1.89 bits per heavy atom. The van der Waals surface area contributed by atoms with Gasteiger partial charge in [-0.05, 0) is 12.5 Å². The van der Waals surface area contributed by atoms with Crippen molar-refractivity contribution in [2.45, 2.75) is 18.7 Å². The molecule has 1 aliphatic heterocycles. The fraction of sp³-hybridized carbons (Fsp3) is 0.583. The van der Waals surface area contributed by atoms with Crippen molar-refractivity contribution in [1.29, 1.82) is 0 Å². The molecule has 1 unspecified atom stereocenters. The van der Waals surface area contributed by atoms with Crippen molar-refractivity contribution in [2.24, 2.45) is 11.8 Å². The van der Waals surface area contributed by atoms with Crippen LogP contribution in [0.2, 0.25) is 0 Å². The molecule has 2 heterocycles. The molecule has 1 aromatic rings. The molecule has 106 valence electrons. The van der Waals surface area contributed by atoms with Gasteiger partial charge in [0.1, 0.15) is 11.8 Å². The molecule has 2 fully saturated rings. The number of hydrogen-bond acceptors (Lipinski definition) is 3. The summed E-state index contributed by atoms with van der Waals surface area (Å²) in [4.78, 5) is 3.53. The molecule has 3 nitrogen and oxygen atoms in total. The molecule has 19 heavy (non-hydrogen) atoms. The Hall–Kier alpha value is -1.01. The van der Waals surface area contributed by atoms with Crippen molar-refractivity contribution in [3.63, 3.8) is 0 Å². The Morgan fingerprint density at radius 3 is 2.47 bits per heavy atom. The van der Waals surface area contributed by atoms with Gasteiger partial charge in [0, 0.05) is 31.0 Å². The molecular weight excluding hydrogens is 281 g/mol. The molecule has 0 amide bonds. The Kier molecular flexibility index (Phi) is 3.92. The summed E-state index contributed by atoms with van der Waals surface area (Å²) in [6.07, 6.45) is -3.31. The van der Waals surface area contributed by atoms with E-state index < -0.39 is 11.9 Å². The lowest BCUT2D eigenvalue weighted by Crippen LogP contribution is -2.59. The van der Waals surface area contributed by atoms with Gasteiger partial charge in [-0.1, -0.05) is 6.07 Å². The number of pyridine rings is 1. The second-order valence-electron chi connectivity index (χ2n) is 4.86. The molecule has 2 bridgehead atoms. The smallest absolute Gasteiger partial charge is 0.433 e. The molecule has 2 aliphatic rings. The minimum Gasteiger partial charge on any atom is -0.474 e. The van der Waals surface area contributed by atoms with Gasteiger partial charge in [-0.25, -0.2) is 4.98 Å². The van der Waals surface area contributed by atoms with E-state index in [2.05, 4.69) is 10.3 Å². The topological polar surface area (TPSA) is 34.1 Å². The zero-order valence-corrected chi connectivity index (χ0v) is 10.8. The van der Waals surface area contributed by atoms with Gasteiger partial charge in [0.15, 0.2) is 0 Å². The maximum absolute atomic E-state index is 12.5. The van der Waals surface area contributed by atoms with Crippen molar-refractivity contribution in [1.82, 2.24) is 10.3 Å². The minimum absolute atomic E-state index is 0. The fourth-order valence-electron chi connectivity index (χ4n) is 2.67. The first-order valence-corrected chi connectivity index (χ1v) is 5.95. The van der Waals surface area contributed by atoms with Gasteiger partial charge >= 0.3 is 6.18 Å². The van der Waals surface area contributed by atoms with Crippen LogP contribution in [0.15, 0.2) is 18.2 Å². The minimum atomic E-state index is -4.42. The fourth-order valence-corrected chi connectivity index (χ4v) is 2.67. The summed E-state index contributed by atoms with van der Waals surface area (Å²) in [6.45, 7) is 1.75. The number of nitrogens with one attached hydrogen (secondary N) is 1. The van der Waals surface area contributed by atoms with Gasteiger partial charge in [0.05, 0.1) is 0 Å². The van der Waals surface area contributed by atoms with Crippen molar-refractivity contribution in [3.8, 4) is 5.88 Å². The molecule has 1 N–H and O–H groups in total. The van der Waals surface area contributed by atoms with Crippen LogP contribution < -0.4 is 10.1 Å². The van der Waals surface area contributed by atoms with E-state index in [0.29, 0.717) is 11.8 Å². The second kappa shape index (κ2) is 5.17. The van der Waals surface area contributed by atoms with Gasteiger partial charge < -0.3 is 10.1 Å². The van der Waals surface area contributed by atoms with E-state index in [9.17, 15) is 13.2 Å². The van der Waals surface area contributed by atoms with E-state index in [4.69, 9.17) is 4.74 Å². The van der Waals surface area contributed by atoms with Crippen LogP contribution in [-0.2, 0) is 6.18 Å². The van der Waals surface area contributed by atoms with Gasteiger partial charge in [-0.2, -0.15) is 13.2 Å². The van der Waals surface area contributed by atoms with Crippen LogP contribution in [0.5, 0.6) is 5.88 Å². The van der Waals surface area contributed by atoms with Crippen LogP contribution in [0, 0.1) is 11.8 Å². The van der Waals surface area contributed by atoms with E-state index in [1.807, 2.05) is 0 Å². The van der Waals surface area contributed by atoms with Crippen molar-refractivity contribution < 1.29 is 17.9 Å². The molecule has 1 saturated heterocycles. The number of halogens is 4. The van der Waals surface area contributed by atoms with Crippen LogP contribution >= 0.6 is 12.4 Å². The van der Waals surface area contributed by atoms with Crippen molar-refractivity contribution >= 4 is 12.4 Å². The van der Waals surface area contributed by atoms with E-state index in [0.717, 1.165) is 25.6 Å². The number of hydrogen-bond donors (Lipinski definition) is 1. The summed E-state index contributed by atoms with van der Waals surface area (Å²) >= 11 is 0. The first-order valence-electron chi connectivity index (χ1n) is 5.95. The second-order valence-corrected chi connectivity index (χ2v) is 4.86. The lowest BCUT2D eigenvalue weighted by Gasteiger charge is -2.48. The molecule has 7 heteroatoms.